The summed E-state index contributed by atoms with van der Waals surface area (Å²) in [6.07, 6.45) is 5.02. The van der Waals surface area contributed by atoms with E-state index in [1.54, 1.807) is 0 Å². The number of carbonyl (C=O) groups is 1. The van der Waals surface area contributed by atoms with Crippen molar-refractivity contribution in [2.75, 3.05) is 6.54 Å². The molecule has 0 bridgehead atoms. The molecule has 2 unspecified atom stereocenters. The van der Waals surface area contributed by atoms with Gasteiger partial charge in [-0.2, -0.15) is 0 Å². The molecule has 1 N–H and O–H groups in total. The van der Waals surface area contributed by atoms with Crippen LogP contribution in [0.2, 0.25) is 0 Å². The third kappa shape index (κ3) is 3.82. The van der Waals surface area contributed by atoms with Gasteiger partial charge in [-0.1, -0.05) is 46.5 Å². The van der Waals surface area contributed by atoms with Crippen molar-refractivity contribution < 1.29 is 4.79 Å². The first-order valence-electron chi connectivity index (χ1n) is 7.07. The predicted octanol–water partition coefficient (Wildman–Crippen LogP) is 3.99. The average molecular weight is 324 g/mol. The van der Waals surface area contributed by atoms with E-state index in [1.807, 2.05) is 26.0 Å². The van der Waals surface area contributed by atoms with Gasteiger partial charge >= 0.3 is 0 Å². The maximum absolute atomic E-state index is 12.2. The van der Waals surface area contributed by atoms with Gasteiger partial charge in [0.05, 0.1) is 0 Å². The minimum absolute atomic E-state index is 0.0581. The van der Waals surface area contributed by atoms with Crippen LogP contribution in [0.1, 0.15) is 47.2 Å². The molecule has 1 fully saturated rings. The first-order valence-corrected chi connectivity index (χ1v) is 7.99. The molecular formula is C16H22BrNO. The van der Waals surface area contributed by atoms with Crippen LogP contribution in [-0.2, 0) is 0 Å². The van der Waals surface area contributed by atoms with Gasteiger partial charge < -0.3 is 5.32 Å². The Hall–Kier alpha value is -0.830. The largest absolute Gasteiger partial charge is 0.352 e. The first kappa shape index (κ1) is 14.6. The molecule has 1 aromatic carbocycles. The summed E-state index contributed by atoms with van der Waals surface area (Å²) in [7, 11) is 0. The fourth-order valence-electron chi connectivity index (χ4n) is 2.78. The van der Waals surface area contributed by atoms with Crippen molar-refractivity contribution in [3.8, 4) is 0 Å². The van der Waals surface area contributed by atoms with Crippen LogP contribution in [0.5, 0.6) is 0 Å². The van der Waals surface area contributed by atoms with Crippen LogP contribution in [0.4, 0.5) is 0 Å². The maximum atomic E-state index is 12.2. The molecule has 0 radical (unpaired) electrons. The Labute approximate surface area is 124 Å². The Balaban J connectivity index is 1.93. The van der Waals surface area contributed by atoms with E-state index in [-0.39, 0.29) is 5.91 Å². The molecule has 2 rings (SSSR count). The van der Waals surface area contributed by atoms with Gasteiger partial charge in [0.1, 0.15) is 0 Å². The van der Waals surface area contributed by atoms with Crippen LogP contribution in [0.3, 0.4) is 0 Å². The third-order valence-electron chi connectivity index (χ3n) is 3.97. The smallest absolute Gasteiger partial charge is 0.251 e. The number of carbonyl (C=O) groups excluding carboxylic acids is 1. The molecule has 1 aliphatic rings. The zero-order valence-electron chi connectivity index (χ0n) is 11.7. The summed E-state index contributed by atoms with van der Waals surface area (Å²) in [5.74, 6) is 0.631. The number of hydrogen-bond donors (Lipinski definition) is 1. The summed E-state index contributed by atoms with van der Waals surface area (Å²) < 4.78 is 0. The van der Waals surface area contributed by atoms with Crippen LogP contribution in [0, 0.1) is 19.8 Å². The zero-order chi connectivity index (χ0) is 13.8. The van der Waals surface area contributed by atoms with Crippen LogP contribution in [0.15, 0.2) is 18.2 Å². The number of nitrogens with one attached hydrogen (secondary N) is 1. The van der Waals surface area contributed by atoms with Crippen LogP contribution >= 0.6 is 15.9 Å². The van der Waals surface area contributed by atoms with E-state index in [0.717, 1.165) is 17.7 Å². The van der Waals surface area contributed by atoms with Crippen molar-refractivity contribution >= 4 is 21.8 Å². The van der Waals surface area contributed by atoms with E-state index < -0.39 is 0 Å². The predicted molar refractivity (Wildman–Crippen MR) is 82.9 cm³/mol. The number of halogens is 1. The molecule has 0 spiro atoms. The Morgan fingerprint density at radius 2 is 2.05 bits per heavy atom. The molecule has 1 aliphatic carbocycles. The van der Waals surface area contributed by atoms with E-state index in [2.05, 4.69) is 27.3 Å². The average Bonchev–Trinajstić information content (AvgIpc) is 2.37. The standard InChI is InChI=1S/C16H22BrNO/c1-11-7-8-14(12(2)9-11)16(19)18-10-13-5-3-4-6-15(13)17/h7-9,13,15H,3-6,10H2,1-2H3,(H,18,19). The van der Waals surface area contributed by atoms with Crippen LogP contribution in [0.25, 0.3) is 0 Å². The number of hydrogen-bond acceptors (Lipinski definition) is 1. The van der Waals surface area contributed by atoms with Crippen molar-refractivity contribution in [1.29, 1.82) is 0 Å². The zero-order valence-corrected chi connectivity index (χ0v) is 13.3. The van der Waals surface area contributed by atoms with Gasteiger partial charge in [-0.05, 0) is 44.2 Å². The Bertz CT molecular complexity index is 458. The molecule has 2 atom stereocenters. The lowest BCUT2D eigenvalue weighted by Gasteiger charge is -2.27. The summed E-state index contributed by atoms with van der Waals surface area (Å²) in [5, 5.41) is 3.09. The lowest BCUT2D eigenvalue weighted by atomic mass is 9.89. The monoisotopic (exact) mass is 323 g/mol. The second-order valence-electron chi connectivity index (χ2n) is 5.59. The molecule has 0 aliphatic heterocycles. The van der Waals surface area contributed by atoms with Crippen LogP contribution in [-0.4, -0.2) is 17.3 Å². The van der Waals surface area contributed by atoms with E-state index in [0.29, 0.717) is 10.7 Å². The van der Waals surface area contributed by atoms with Gasteiger partial charge in [0.2, 0.25) is 0 Å². The first-order chi connectivity index (χ1) is 9.08. The van der Waals surface area contributed by atoms with Crippen molar-refractivity contribution in [1.82, 2.24) is 5.32 Å². The van der Waals surface area contributed by atoms with E-state index in [9.17, 15) is 4.79 Å². The van der Waals surface area contributed by atoms with Crippen molar-refractivity contribution in [3.05, 3.63) is 34.9 Å². The molecule has 1 aromatic rings. The highest BCUT2D eigenvalue weighted by Gasteiger charge is 2.23. The number of alkyl halides is 1. The Morgan fingerprint density at radius 1 is 1.32 bits per heavy atom. The normalized spacial score (nSPS) is 23.1. The molecule has 3 heteroatoms. The van der Waals surface area contributed by atoms with Gasteiger partial charge in [-0.3, -0.25) is 4.79 Å². The minimum Gasteiger partial charge on any atom is -0.352 e. The van der Waals surface area contributed by atoms with Gasteiger partial charge in [-0.15, -0.1) is 0 Å². The Morgan fingerprint density at radius 3 is 2.74 bits per heavy atom. The highest BCUT2D eigenvalue weighted by molar-refractivity contribution is 9.09. The van der Waals surface area contributed by atoms with E-state index in [1.165, 1.54) is 31.2 Å². The van der Waals surface area contributed by atoms with E-state index >= 15 is 0 Å². The van der Waals surface area contributed by atoms with Crippen LogP contribution < -0.4 is 5.32 Å². The number of aryl methyl sites for hydroxylation is 2. The van der Waals surface area contributed by atoms with Gasteiger partial charge in [0.25, 0.3) is 5.91 Å². The maximum Gasteiger partial charge on any atom is 0.251 e. The van der Waals surface area contributed by atoms with Gasteiger partial charge in [-0.25, -0.2) is 0 Å². The fourth-order valence-corrected chi connectivity index (χ4v) is 3.55. The molecule has 104 valence electrons. The molecule has 2 nitrogen and oxygen atoms in total. The lowest BCUT2D eigenvalue weighted by Crippen LogP contribution is -2.34. The van der Waals surface area contributed by atoms with Gasteiger partial charge in [0, 0.05) is 16.9 Å². The number of rotatable bonds is 3. The molecule has 0 heterocycles. The number of benzene rings is 1. The quantitative estimate of drug-likeness (QED) is 0.837. The van der Waals surface area contributed by atoms with Crippen molar-refractivity contribution in [3.63, 3.8) is 0 Å². The van der Waals surface area contributed by atoms with Crippen molar-refractivity contribution in [2.45, 2.75) is 44.4 Å². The molecule has 19 heavy (non-hydrogen) atoms. The Kier molecular flexibility index (Phi) is 5.03. The molecule has 1 saturated carbocycles. The minimum atomic E-state index is 0.0581. The summed E-state index contributed by atoms with van der Waals surface area (Å²) in [4.78, 5) is 12.8. The van der Waals surface area contributed by atoms with Crippen molar-refractivity contribution in [2.24, 2.45) is 5.92 Å². The second kappa shape index (κ2) is 6.56. The highest BCUT2D eigenvalue weighted by atomic mass is 79.9. The number of amides is 1. The fraction of sp³-hybridized carbons (Fsp3) is 0.562. The SMILES string of the molecule is Cc1ccc(C(=O)NCC2CCCCC2Br)c(C)c1. The summed E-state index contributed by atoms with van der Waals surface area (Å²) in [6, 6.07) is 5.98. The second-order valence-corrected chi connectivity index (χ2v) is 6.77. The summed E-state index contributed by atoms with van der Waals surface area (Å²) >= 11 is 3.73. The lowest BCUT2D eigenvalue weighted by molar-refractivity contribution is 0.0944. The third-order valence-corrected chi connectivity index (χ3v) is 5.17. The molecule has 0 aromatic heterocycles. The highest BCUT2D eigenvalue weighted by Crippen LogP contribution is 2.29. The molecule has 1 amide bonds. The topological polar surface area (TPSA) is 29.1 Å². The summed E-state index contributed by atoms with van der Waals surface area (Å²) in [5.41, 5.74) is 3.05. The molecule has 0 saturated heterocycles. The van der Waals surface area contributed by atoms with E-state index in [4.69, 9.17) is 0 Å². The molecular weight excluding hydrogens is 302 g/mol. The van der Waals surface area contributed by atoms with Gasteiger partial charge in [0.15, 0.2) is 0 Å². The summed E-state index contributed by atoms with van der Waals surface area (Å²) in [6.45, 7) is 4.82.